The van der Waals surface area contributed by atoms with E-state index in [1.54, 1.807) is 42.6 Å². The molecule has 0 bridgehead atoms. The Morgan fingerprint density at radius 1 is 1.11 bits per heavy atom. The van der Waals surface area contributed by atoms with E-state index < -0.39 is 27.8 Å². The molecule has 2 aliphatic rings. The number of nitrogens with two attached hydrogens (primary N) is 1. The molecule has 2 aliphatic heterocycles. The molecular formula is C27H30FN5O4S. The van der Waals surface area contributed by atoms with E-state index >= 15 is 4.39 Å². The van der Waals surface area contributed by atoms with Crippen LogP contribution in [-0.2, 0) is 14.8 Å². The van der Waals surface area contributed by atoms with Crippen LogP contribution in [0.2, 0.25) is 0 Å². The average Bonchev–Trinajstić information content (AvgIpc) is 2.94. The number of aromatic nitrogens is 2. The number of nitrogen functional groups attached to an aromatic ring is 1. The quantitative estimate of drug-likeness (QED) is 0.492. The number of halogens is 1. The Kier molecular flexibility index (Phi) is 7.68. The highest BCUT2D eigenvalue weighted by Gasteiger charge is 2.31. The molecule has 0 aliphatic carbocycles. The number of nitrogens with zero attached hydrogens (tertiary/aromatic N) is 3. The first-order chi connectivity index (χ1) is 18.3. The first-order valence-electron chi connectivity index (χ1n) is 12.7. The van der Waals surface area contributed by atoms with Crippen LogP contribution in [0.5, 0.6) is 0 Å². The summed E-state index contributed by atoms with van der Waals surface area (Å²) in [4.78, 5) is 22.1. The van der Waals surface area contributed by atoms with Crippen LogP contribution in [0, 0.1) is 5.82 Å². The van der Waals surface area contributed by atoms with E-state index in [4.69, 9.17) is 10.5 Å². The fourth-order valence-electron chi connectivity index (χ4n) is 4.94. The van der Waals surface area contributed by atoms with E-state index in [1.807, 2.05) is 0 Å². The summed E-state index contributed by atoms with van der Waals surface area (Å²) in [5.41, 5.74) is 7.50. The lowest BCUT2D eigenvalue weighted by molar-refractivity contribution is 0.0844. The number of piperidine rings is 1. The number of carbonyl (C=O) groups excluding carboxylic acids is 1. The Balaban J connectivity index is 1.29. The van der Waals surface area contributed by atoms with Crippen molar-refractivity contribution >= 4 is 21.7 Å². The van der Waals surface area contributed by atoms with Gasteiger partial charge in [0.05, 0.1) is 22.3 Å². The van der Waals surface area contributed by atoms with E-state index in [-0.39, 0.29) is 28.7 Å². The zero-order chi connectivity index (χ0) is 26.7. The van der Waals surface area contributed by atoms with Crippen LogP contribution in [-0.4, -0.2) is 60.9 Å². The zero-order valence-corrected chi connectivity index (χ0v) is 21.7. The molecule has 3 heterocycles. The van der Waals surface area contributed by atoms with E-state index in [9.17, 15) is 13.2 Å². The predicted molar refractivity (Wildman–Crippen MR) is 140 cm³/mol. The third kappa shape index (κ3) is 5.54. The summed E-state index contributed by atoms with van der Waals surface area (Å²) >= 11 is 0. The highest BCUT2D eigenvalue weighted by Crippen LogP contribution is 2.30. The lowest BCUT2D eigenvalue weighted by Crippen LogP contribution is -2.49. The molecule has 11 heteroatoms. The number of benzene rings is 2. The summed E-state index contributed by atoms with van der Waals surface area (Å²) in [6.07, 6.45) is 4.49. The van der Waals surface area contributed by atoms with Gasteiger partial charge < -0.3 is 15.8 Å². The van der Waals surface area contributed by atoms with Gasteiger partial charge in [-0.25, -0.2) is 22.8 Å². The van der Waals surface area contributed by atoms with Gasteiger partial charge in [-0.3, -0.25) is 4.79 Å². The van der Waals surface area contributed by atoms with Crippen LogP contribution in [0.3, 0.4) is 0 Å². The predicted octanol–water partition coefficient (Wildman–Crippen LogP) is 3.34. The molecule has 2 aromatic carbocycles. The molecule has 0 saturated carbocycles. The van der Waals surface area contributed by atoms with Crippen molar-refractivity contribution in [1.82, 2.24) is 19.6 Å². The summed E-state index contributed by atoms with van der Waals surface area (Å²) in [7, 11) is -3.68. The minimum atomic E-state index is -3.68. The number of sulfonamides is 1. The molecule has 5 rings (SSSR count). The van der Waals surface area contributed by atoms with Gasteiger partial charge in [-0.05, 0) is 49.9 Å². The second-order valence-corrected chi connectivity index (χ2v) is 11.5. The Hall–Kier alpha value is -3.41. The monoisotopic (exact) mass is 539 g/mol. The molecule has 0 unspecified atom stereocenters. The highest BCUT2D eigenvalue weighted by molar-refractivity contribution is 7.89. The Bertz CT molecular complexity index is 1410. The van der Waals surface area contributed by atoms with Crippen LogP contribution in [0.4, 0.5) is 10.2 Å². The second kappa shape index (κ2) is 11.1. The SMILES string of the molecule is Nc1ncc(C2CCOCC2)nc1-c1ccc(C(=O)N[C@@H]2CCCN(S(=O)(=O)c3ccccc3)C2)c(F)c1. The number of nitrogens with one attached hydrogen (secondary N) is 1. The van der Waals surface area contributed by atoms with Crippen LogP contribution in [0.25, 0.3) is 11.3 Å². The number of anilines is 1. The minimum Gasteiger partial charge on any atom is -0.382 e. The van der Waals surface area contributed by atoms with E-state index in [2.05, 4.69) is 15.3 Å². The summed E-state index contributed by atoms with van der Waals surface area (Å²) < 4.78 is 47.9. The van der Waals surface area contributed by atoms with E-state index in [1.165, 1.54) is 16.4 Å². The molecule has 38 heavy (non-hydrogen) atoms. The standard InChI is InChI=1S/C27H30FN5O4S/c28-23-15-19(25-26(29)30-16-24(32-25)18-10-13-37-14-11-18)8-9-22(23)27(34)31-20-5-4-12-33(17-20)38(35,36)21-6-2-1-3-7-21/h1-3,6-9,15-16,18,20H,4-5,10-14,17H2,(H2,29,30)(H,31,34)/t20-/m1/s1. The first kappa shape index (κ1) is 26.2. The number of hydrogen-bond acceptors (Lipinski definition) is 7. The maximum atomic E-state index is 15.1. The molecule has 3 N–H and O–H groups in total. The molecule has 0 spiro atoms. The molecule has 2 fully saturated rings. The number of amides is 1. The van der Waals surface area contributed by atoms with Crippen molar-refractivity contribution in [1.29, 1.82) is 0 Å². The molecule has 3 aromatic rings. The lowest BCUT2D eigenvalue weighted by Gasteiger charge is -2.32. The molecule has 1 aromatic heterocycles. The van der Waals surface area contributed by atoms with Crippen LogP contribution >= 0.6 is 0 Å². The van der Waals surface area contributed by atoms with Gasteiger partial charge in [0.2, 0.25) is 10.0 Å². The van der Waals surface area contributed by atoms with Gasteiger partial charge in [-0.2, -0.15) is 4.31 Å². The molecule has 200 valence electrons. The number of rotatable bonds is 6. The fraction of sp³-hybridized carbons (Fsp3) is 0.370. The highest BCUT2D eigenvalue weighted by atomic mass is 32.2. The van der Waals surface area contributed by atoms with Crippen molar-refractivity contribution in [3.05, 3.63) is 71.8 Å². The van der Waals surface area contributed by atoms with Crippen LogP contribution < -0.4 is 11.1 Å². The minimum absolute atomic E-state index is 0.119. The van der Waals surface area contributed by atoms with Crippen molar-refractivity contribution in [3.63, 3.8) is 0 Å². The van der Waals surface area contributed by atoms with E-state index in [0.717, 1.165) is 18.5 Å². The van der Waals surface area contributed by atoms with Gasteiger partial charge in [0, 0.05) is 43.8 Å². The normalized spacial score (nSPS) is 19.2. The third-order valence-electron chi connectivity index (χ3n) is 7.05. The largest absolute Gasteiger partial charge is 0.382 e. The maximum Gasteiger partial charge on any atom is 0.254 e. The fourth-order valence-corrected chi connectivity index (χ4v) is 6.49. The van der Waals surface area contributed by atoms with E-state index in [0.29, 0.717) is 43.9 Å². The van der Waals surface area contributed by atoms with Gasteiger partial charge in [-0.1, -0.05) is 24.3 Å². The van der Waals surface area contributed by atoms with Crippen molar-refractivity contribution in [2.75, 3.05) is 32.0 Å². The second-order valence-electron chi connectivity index (χ2n) is 9.60. The van der Waals surface area contributed by atoms with Crippen molar-refractivity contribution in [2.45, 2.75) is 42.5 Å². The first-order valence-corrected chi connectivity index (χ1v) is 14.1. The number of carbonyl (C=O) groups is 1. The molecule has 0 radical (unpaired) electrons. The van der Waals surface area contributed by atoms with Crippen molar-refractivity contribution < 1.29 is 22.3 Å². The van der Waals surface area contributed by atoms with Gasteiger partial charge in [0.25, 0.3) is 5.91 Å². The van der Waals surface area contributed by atoms with Gasteiger partial charge >= 0.3 is 0 Å². The molecule has 9 nitrogen and oxygen atoms in total. The lowest BCUT2D eigenvalue weighted by atomic mass is 9.96. The zero-order valence-electron chi connectivity index (χ0n) is 20.8. The Labute approximate surface area is 221 Å². The molecule has 2 saturated heterocycles. The number of hydrogen-bond donors (Lipinski definition) is 2. The number of ether oxygens (including phenoxy) is 1. The van der Waals surface area contributed by atoms with Gasteiger partial charge in [0.15, 0.2) is 0 Å². The van der Waals surface area contributed by atoms with Crippen molar-refractivity contribution in [2.24, 2.45) is 0 Å². The van der Waals surface area contributed by atoms with Crippen LogP contribution in [0.1, 0.15) is 47.7 Å². The Morgan fingerprint density at radius 3 is 2.61 bits per heavy atom. The molecule has 1 atom stereocenters. The smallest absolute Gasteiger partial charge is 0.254 e. The Morgan fingerprint density at radius 2 is 1.87 bits per heavy atom. The summed E-state index contributed by atoms with van der Waals surface area (Å²) in [5, 5.41) is 2.80. The van der Waals surface area contributed by atoms with Gasteiger partial charge in [0.1, 0.15) is 17.3 Å². The summed E-state index contributed by atoms with van der Waals surface area (Å²) in [6, 6.07) is 12.0. The molecular weight excluding hydrogens is 509 g/mol. The summed E-state index contributed by atoms with van der Waals surface area (Å²) in [6.45, 7) is 1.79. The third-order valence-corrected chi connectivity index (χ3v) is 8.93. The van der Waals surface area contributed by atoms with Gasteiger partial charge in [-0.15, -0.1) is 0 Å². The van der Waals surface area contributed by atoms with Crippen molar-refractivity contribution in [3.8, 4) is 11.3 Å². The molecule has 1 amide bonds. The van der Waals surface area contributed by atoms with Crippen LogP contribution in [0.15, 0.2) is 59.6 Å². The summed E-state index contributed by atoms with van der Waals surface area (Å²) in [5.74, 6) is -0.944. The maximum absolute atomic E-state index is 15.1. The average molecular weight is 540 g/mol. The topological polar surface area (TPSA) is 128 Å².